The first-order valence-electron chi connectivity index (χ1n) is 10.2. The number of amides is 1. The van der Waals surface area contributed by atoms with E-state index in [0.717, 1.165) is 0 Å². The minimum absolute atomic E-state index is 0.315. The van der Waals surface area contributed by atoms with Crippen LogP contribution in [0.25, 0.3) is 11.0 Å². The number of rotatable bonds is 4. The Morgan fingerprint density at radius 1 is 1.30 bits per heavy atom. The lowest BCUT2D eigenvalue weighted by Crippen LogP contribution is -2.48. The third-order valence-electron chi connectivity index (χ3n) is 6.48. The van der Waals surface area contributed by atoms with E-state index in [4.69, 9.17) is 10.5 Å². The number of ether oxygens (including phenoxy) is 1. The standard InChI is InChI=1S/C21H29N5O4/c1-20(2)10-12(21(3,4)26(20)29)19(28)30-14-8-9-23-16(14)18-24-13-7-5-6-11(17(22)27)15(13)25-18/h5-7,12,14,16,23,29H,8-10H2,1-4H3,(H2,22,27)(H,24,25). The molecule has 4 rings (SSSR count). The number of esters is 1. The molecule has 9 nitrogen and oxygen atoms in total. The lowest BCUT2D eigenvalue weighted by Gasteiger charge is -2.35. The molecule has 1 aromatic heterocycles. The van der Waals surface area contributed by atoms with E-state index in [1.54, 1.807) is 12.1 Å². The Labute approximate surface area is 174 Å². The van der Waals surface area contributed by atoms with Gasteiger partial charge in [0.25, 0.3) is 5.91 Å². The first kappa shape index (κ1) is 20.8. The summed E-state index contributed by atoms with van der Waals surface area (Å²) in [6, 6.07) is 4.89. The number of carbonyl (C=O) groups excluding carboxylic acids is 2. The summed E-state index contributed by atoms with van der Waals surface area (Å²) >= 11 is 0. The smallest absolute Gasteiger partial charge is 0.311 e. The van der Waals surface area contributed by atoms with Crippen molar-refractivity contribution < 1.29 is 19.5 Å². The van der Waals surface area contributed by atoms with Gasteiger partial charge in [0, 0.05) is 5.54 Å². The highest BCUT2D eigenvalue weighted by molar-refractivity contribution is 6.04. The van der Waals surface area contributed by atoms with E-state index in [1.165, 1.54) is 5.06 Å². The van der Waals surface area contributed by atoms with Gasteiger partial charge in [-0.2, -0.15) is 5.06 Å². The monoisotopic (exact) mass is 415 g/mol. The van der Waals surface area contributed by atoms with Gasteiger partial charge in [-0.3, -0.25) is 9.59 Å². The van der Waals surface area contributed by atoms with Gasteiger partial charge in [0.15, 0.2) is 0 Å². The Hall–Kier alpha value is -2.49. The molecule has 5 N–H and O–H groups in total. The molecule has 0 saturated carbocycles. The topological polar surface area (TPSA) is 134 Å². The Kier molecular flexibility index (Phi) is 4.87. The molecule has 2 aliphatic heterocycles. The minimum atomic E-state index is -0.724. The molecular formula is C21H29N5O4. The molecule has 1 aromatic carbocycles. The second-order valence-corrected chi connectivity index (χ2v) is 9.42. The molecule has 3 unspecified atom stereocenters. The number of nitrogens with two attached hydrogens (primary N) is 1. The first-order valence-corrected chi connectivity index (χ1v) is 10.2. The van der Waals surface area contributed by atoms with E-state index >= 15 is 0 Å². The van der Waals surface area contributed by atoms with Crippen LogP contribution in [0.15, 0.2) is 18.2 Å². The molecule has 3 heterocycles. The van der Waals surface area contributed by atoms with Crippen LogP contribution in [0.5, 0.6) is 0 Å². The number of primary amides is 1. The molecule has 9 heteroatoms. The maximum atomic E-state index is 13.1. The fourth-order valence-electron chi connectivity index (χ4n) is 4.84. The van der Waals surface area contributed by atoms with Gasteiger partial charge in [0.1, 0.15) is 23.5 Å². The molecule has 2 fully saturated rings. The van der Waals surface area contributed by atoms with E-state index in [0.29, 0.717) is 41.8 Å². The van der Waals surface area contributed by atoms with Crippen molar-refractivity contribution in [2.24, 2.45) is 11.7 Å². The van der Waals surface area contributed by atoms with Gasteiger partial charge in [-0.25, -0.2) is 4.98 Å². The summed E-state index contributed by atoms with van der Waals surface area (Å²) in [5.41, 5.74) is 5.79. The number of aromatic amines is 1. The number of nitrogens with zero attached hydrogens (tertiary/aromatic N) is 2. The number of hydrogen-bond donors (Lipinski definition) is 4. The molecule has 2 saturated heterocycles. The van der Waals surface area contributed by atoms with E-state index in [2.05, 4.69) is 15.3 Å². The second kappa shape index (κ2) is 7.04. The summed E-state index contributed by atoms with van der Waals surface area (Å²) in [6.45, 7) is 8.19. The first-order chi connectivity index (χ1) is 14.0. The second-order valence-electron chi connectivity index (χ2n) is 9.42. The summed E-state index contributed by atoms with van der Waals surface area (Å²) in [5.74, 6) is -0.711. The van der Waals surface area contributed by atoms with Crippen LogP contribution >= 0.6 is 0 Å². The average Bonchev–Trinajstić information content (AvgIpc) is 3.34. The highest BCUT2D eigenvalue weighted by Gasteiger charge is 2.55. The van der Waals surface area contributed by atoms with Gasteiger partial charge < -0.3 is 26.0 Å². The molecule has 0 bridgehead atoms. The van der Waals surface area contributed by atoms with Crippen molar-refractivity contribution in [3.63, 3.8) is 0 Å². The summed E-state index contributed by atoms with van der Waals surface area (Å²) in [7, 11) is 0. The quantitative estimate of drug-likeness (QED) is 0.560. The summed E-state index contributed by atoms with van der Waals surface area (Å²) < 4.78 is 5.92. The fraction of sp³-hybridized carbons (Fsp3) is 0.571. The molecule has 0 radical (unpaired) electrons. The van der Waals surface area contributed by atoms with Crippen molar-refractivity contribution >= 4 is 22.9 Å². The largest absolute Gasteiger partial charge is 0.460 e. The Balaban J connectivity index is 1.56. The molecule has 0 spiro atoms. The Bertz CT molecular complexity index is 998. The van der Waals surface area contributed by atoms with Crippen molar-refractivity contribution in [1.29, 1.82) is 0 Å². The van der Waals surface area contributed by atoms with Crippen molar-refractivity contribution in [2.45, 2.75) is 63.8 Å². The number of aromatic nitrogens is 2. The lowest BCUT2D eigenvalue weighted by molar-refractivity contribution is -0.201. The molecule has 162 valence electrons. The lowest BCUT2D eigenvalue weighted by atomic mass is 9.87. The minimum Gasteiger partial charge on any atom is -0.460 e. The van der Waals surface area contributed by atoms with Crippen LogP contribution in [0.3, 0.4) is 0 Å². The molecular weight excluding hydrogens is 386 g/mol. The van der Waals surface area contributed by atoms with Crippen LogP contribution in [0.2, 0.25) is 0 Å². The third-order valence-corrected chi connectivity index (χ3v) is 6.48. The molecule has 2 aliphatic rings. The zero-order chi connectivity index (χ0) is 21.8. The maximum absolute atomic E-state index is 13.1. The Morgan fingerprint density at radius 3 is 2.67 bits per heavy atom. The molecule has 1 amide bonds. The normalized spacial score (nSPS) is 28.1. The predicted octanol–water partition coefficient (Wildman–Crippen LogP) is 1.88. The van der Waals surface area contributed by atoms with Crippen LogP contribution in [0.1, 0.15) is 62.8 Å². The SMILES string of the molecule is CC1(C)CC(C(=O)OC2CCNC2c2nc3c(C(N)=O)cccc3[nH]2)C(C)(C)N1O. The molecule has 30 heavy (non-hydrogen) atoms. The predicted molar refractivity (Wildman–Crippen MR) is 110 cm³/mol. The zero-order valence-corrected chi connectivity index (χ0v) is 17.7. The van der Waals surface area contributed by atoms with Crippen LogP contribution in [0.4, 0.5) is 0 Å². The summed E-state index contributed by atoms with van der Waals surface area (Å²) in [4.78, 5) is 32.6. The number of hydrogen-bond acceptors (Lipinski definition) is 7. The van der Waals surface area contributed by atoms with Crippen molar-refractivity contribution in [1.82, 2.24) is 20.3 Å². The number of hydroxylamine groups is 2. The molecule has 0 aliphatic carbocycles. The number of para-hydroxylation sites is 1. The molecule has 2 aromatic rings. The van der Waals surface area contributed by atoms with E-state index in [1.807, 2.05) is 33.8 Å². The number of imidazole rings is 1. The van der Waals surface area contributed by atoms with Crippen LogP contribution in [-0.2, 0) is 9.53 Å². The van der Waals surface area contributed by atoms with Gasteiger partial charge >= 0.3 is 5.97 Å². The summed E-state index contributed by atoms with van der Waals surface area (Å²) in [5, 5.41) is 15.1. The van der Waals surface area contributed by atoms with Gasteiger partial charge in [0.2, 0.25) is 0 Å². The van der Waals surface area contributed by atoms with Crippen molar-refractivity contribution in [3.8, 4) is 0 Å². The van der Waals surface area contributed by atoms with Crippen LogP contribution in [-0.4, -0.2) is 55.8 Å². The van der Waals surface area contributed by atoms with Gasteiger partial charge in [-0.1, -0.05) is 6.07 Å². The Morgan fingerprint density at radius 2 is 2.03 bits per heavy atom. The number of benzene rings is 1. The molecule has 3 atom stereocenters. The highest BCUT2D eigenvalue weighted by atomic mass is 16.5. The van der Waals surface area contributed by atoms with Gasteiger partial charge in [0.05, 0.1) is 22.5 Å². The van der Waals surface area contributed by atoms with Gasteiger partial charge in [-0.15, -0.1) is 0 Å². The van der Waals surface area contributed by atoms with Crippen molar-refractivity contribution in [3.05, 3.63) is 29.6 Å². The maximum Gasteiger partial charge on any atom is 0.311 e. The fourth-order valence-corrected chi connectivity index (χ4v) is 4.84. The van der Waals surface area contributed by atoms with Crippen molar-refractivity contribution in [2.75, 3.05) is 6.54 Å². The van der Waals surface area contributed by atoms with Crippen LogP contribution in [0, 0.1) is 5.92 Å². The number of H-pyrrole nitrogens is 1. The number of nitrogens with one attached hydrogen (secondary N) is 2. The van der Waals surface area contributed by atoms with Gasteiger partial charge in [-0.05, 0) is 59.2 Å². The zero-order valence-electron chi connectivity index (χ0n) is 17.7. The average molecular weight is 415 g/mol. The van der Waals surface area contributed by atoms with E-state index < -0.39 is 29.0 Å². The van der Waals surface area contributed by atoms with E-state index in [9.17, 15) is 14.8 Å². The van der Waals surface area contributed by atoms with E-state index in [-0.39, 0.29) is 12.0 Å². The number of carbonyl (C=O) groups is 2. The number of fused-ring (bicyclic) bond motifs is 1. The van der Waals surface area contributed by atoms with Crippen LogP contribution < -0.4 is 11.1 Å². The summed E-state index contributed by atoms with van der Waals surface area (Å²) in [6.07, 6.45) is 0.754. The highest BCUT2D eigenvalue weighted by Crippen LogP contribution is 2.44. The third kappa shape index (κ3) is 3.27.